The van der Waals surface area contributed by atoms with Crippen LogP contribution < -0.4 is 0 Å². The Morgan fingerprint density at radius 1 is 0.724 bits per heavy atom. The molecule has 0 saturated heterocycles. The highest BCUT2D eigenvalue weighted by molar-refractivity contribution is 7.87. The molecule has 29 heavy (non-hydrogen) atoms. The molecule has 3 aromatic rings. The third-order valence-electron chi connectivity index (χ3n) is 4.43. The maximum absolute atomic E-state index is 12.9. The number of rotatable bonds is 4. The van der Waals surface area contributed by atoms with Crippen molar-refractivity contribution in [3.05, 3.63) is 91.4 Å². The number of phenols is 2. The Labute approximate surface area is 186 Å². The van der Waals surface area contributed by atoms with E-state index in [1.807, 2.05) is 0 Å². The molecule has 10 heteroatoms. The van der Waals surface area contributed by atoms with Crippen molar-refractivity contribution in [1.82, 2.24) is 0 Å². The van der Waals surface area contributed by atoms with Gasteiger partial charge in [-0.2, -0.15) is 8.42 Å². The van der Waals surface area contributed by atoms with E-state index in [4.69, 9.17) is 46.4 Å². The maximum Gasteiger partial charge on any atom is 0.283 e. The van der Waals surface area contributed by atoms with E-state index in [1.165, 1.54) is 24.3 Å². The van der Waals surface area contributed by atoms with Crippen molar-refractivity contribution in [3.63, 3.8) is 0 Å². The number of aromatic hydroxyl groups is 2. The van der Waals surface area contributed by atoms with Gasteiger partial charge in [-0.25, -0.2) is 0 Å². The minimum Gasteiger partial charge on any atom is -0.504 e. The molecule has 0 aliphatic rings. The van der Waals surface area contributed by atoms with Crippen molar-refractivity contribution in [3.8, 4) is 11.5 Å². The van der Waals surface area contributed by atoms with E-state index in [1.54, 1.807) is 18.2 Å². The average molecular weight is 494 g/mol. The van der Waals surface area contributed by atoms with Crippen LogP contribution in [0.15, 0.2) is 54.6 Å². The molecule has 1 unspecified atom stereocenters. The van der Waals surface area contributed by atoms with Crippen molar-refractivity contribution in [1.29, 1.82) is 0 Å². The average Bonchev–Trinajstić information content (AvgIpc) is 2.67. The van der Waals surface area contributed by atoms with Gasteiger partial charge in [-0.15, -0.1) is 0 Å². The molecular weight excluding hydrogens is 482 g/mol. The molecule has 3 aromatic carbocycles. The number of halogens is 4. The molecule has 3 N–H and O–H groups in total. The predicted molar refractivity (Wildman–Crippen MR) is 114 cm³/mol. The SMILES string of the molecule is O=S(=O)(O)C(c1ccccc1)(c1ccc(O)c(O)c1)c1cc(Cl)c(Cl)c(Cl)c1Cl. The molecule has 152 valence electrons. The fourth-order valence-electron chi connectivity index (χ4n) is 3.16. The Kier molecular flexibility index (Phi) is 5.98. The summed E-state index contributed by atoms with van der Waals surface area (Å²) in [6.45, 7) is 0. The van der Waals surface area contributed by atoms with Crippen molar-refractivity contribution in [2.45, 2.75) is 4.75 Å². The monoisotopic (exact) mass is 492 g/mol. The largest absolute Gasteiger partial charge is 0.504 e. The first-order chi connectivity index (χ1) is 13.5. The van der Waals surface area contributed by atoms with Gasteiger partial charge in [0, 0.05) is 5.56 Å². The standard InChI is InChI=1S/C19H12Cl4O5S/c20-13-9-12(16(21)18(23)17(13)22)19(29(26,27)28,10-4-2-1-3-5-10)11-6-7-14(24)15(25)8-11/h1-9,24-25H,(H,26,27,28). The van der Waals surface area contributed by atoms with Crippen LogP contribution in [0.1, 0.15) is 16.7 Å². The summed E-state index contributed by atoms with van der Waals surface area (Å²) in [4.78, 5) is 0. The molecule has 0 aliphatic carbocycles. The van der Waals surface area contributed by atoms with Gasteiger partial charge in [0.15, 0.2) is 16.2 Å². The quantitative estimate of drug-likeness (QED) is 0.138. The minimum atomic E-state index is -5.02. The molecule has 0 aliphatic heterocycles. The van der Waals surface area contributed by atoms with Gasteiger partial charge >= 0.3 is 0 Å². The Bertz CT molecular complexity index is 1200. The second-order valence-electron chi connectivity index (χ2n) is 6.07. The fourth-order valence-corrected chi connectivity index (χ4v) is 5.46. The van der Waals surface area contributed by atoms with Gasteiger partial charge < -0.3 is 10.2 Å². The van der Waals surface area contributed by atoms with Gasteiger partial charge in [0.2, 0.25) is 0 Å². The molecule has 0 aromatic heterocycles. The maximum atomic E-state index is 12.9. The van der Waals surface area contributed by atoms with Crippen LogP contribution in [0.25, 0.3) is 0 Å². The van der Waals surface area contributed by atoms with Crippen LogP contribution in [-0.4, -0.2) is 23.2 Å². The number of hydrogen-bond acceptors (Lipinski definition) is 4. The van der Waals surface area contributed by atoms with Crippen LogP contribution in [0.2, 0.25) is 20.1 Å². The first-order valence-electron chi connectivity index (χ1n) is 7.90. The van der Waals surface area contributed by atoms with Gasteiger partial charge in [0.05, 0.1) is 20.1 Å². The summed E-state index contributed by atoms with van der Waals surface area (Å²) in [7, 11) is -5.02. The zero-order chi connectivity index (χ0) is 21.6. The third kappa shape index (κ3) is 3.54. The van der Waals surface area contributed by atoms with Crippen LogP contribution in [0, 0.1) is 0 Å². The lowest BCUT2D eigenvalue weighted by atomic mass is 9.83. The minimum absolute atomic E-state index is 0.0870. The van der Waals surface area contributed by atoms with Crippen LogP contribution >= 0.6 is 46.4 Å². The van der Waals surface area contributed by atoms with E-state index < -0.39 is 26.4 Å². The Morgan fingerprint density at radius 3 is 1.90 bits per heavy atom. The molecule has 0 fully saturated rings. The van der Waals surface area contributed by atoms with Crippen LogP contribution in [-0.2, 0) is 14.9 Å². The van der Waals surface area contributed by atoms with Crippen molar-refractivity contribution in [2.75, 3.05) is 0 Å². The van der Waals surface area contributed by atoms with Crippen LogP contribution in [0.3, 0.4) is 0 Å². The smallest absolute Gasteiger partial charge is 0.283 e. The summed E-state index contributed by atoms with van der Waals surface area (Å²) in [6, 6.07) is 12.2. The molecule has 3 rings (SSSR count). The van der Waals surface area contributed by atoms with Crippen molar-refractivity contribution in [2.24, 2.45) is 0 Å². The second kappa shape index (κ2) is 7.87. The predicted octanol–water partition coefficient (Wildman–Crippen LogP) is 5.89. The van der Waals surface area contributed by atoms with E-state index in [9.17, 15) is 23.2 Å². The van der Waals surface area contributed by atoms with E-state index in [-0.39, 0.29) is 36.8 Å². The molecule has 0 spiro atoms. The van der Waals surface area contributed by atoms with Crippen LogP contribution in [0.5, 0.6) is 11.5 Å². The van der Waals surface area contributed by atoms with Gasteiger partial charge in [-0.1, -0.05) is 82.8 Å². The van der Waals surface area contributed by atoms with E-state index in [0.717, 1.165) is 12.1 Å². The van der Waals surface area contributed by atoms with Gasteiger partial charge in [-0.05, 0) is 29.3 Å². The fraction of sp³-hybridized carbons (Fsp3) is 0.0526. The number of benzene rings is 3. The first-order valence-corrected chi connectivity index (χ1v) is 10.9. The van der Waals surface area contributed by atoms with E-state index in [0.29, 0.717) is 0 Å². The molecule has 0 radical (unpaired) electrons. The number of hydrogen-bond donors (Lipinski definition) is 3. The van der Waals surface area contributed by atoms with Crippen molar-refractivity contribution < 1.29 is 23.2 Å². The van der Waals surface area contributed by atoms with Crippen molar-refractivity contribution >= 4 is 56.5 Å². The zero-order valence-corrected chi connectivity index (χ0v) is 18.1. The molecule has 0 saturated carbocycles. The summed E-state index contributed by atoms with van der Waals surface area (Å²) in [5, 5.41) is 19.1. The Hall–Kier alpha value is -1.67. The van der Waals surface area contributed by atoms with E-state index >= 15 is 0 Å². The Balaban J connectivity index is 2.60. The summed E-state index contributed by atoms with van der Waals surface area (Å²) in [5.74, 6) is -1.09. The number of phenolic OH excluding ortho intramolecular Hbond substituents is 2. The highest BCUT2D eigenvalue weighted by Crippen LogP contribution is 2.51. The van der Waals surface area contributed by atoms with Gasteiger partial charge in [-0.3, -0.25) is 4.55 Å². The highest BCUT2D eigenvalue weighted by atomic mass is 35.5. The van der Waals surface area contributed by atoms with Gasteiger partial charge in [0.25, 0.3) is 10.1 Å². The van der Waals surface area contributed by atoms with Crippen LogP contribution in [0.4, 0.5) is 0 Å². The summed E-state index contributed by atoms with van der Waals surface area (Å²) < 4.78 is 34.0. The zero-order valence-electron chi connectivity index (χ0n) is 14.3. The molecule has 0 amide bonds. The lowest BCUT2D eigenvalue weighted by Crippen LogP contribution is -2.38. The second-order valence-corrected chi connectivity index (χ2v) is 9.18. The normalized spacial score (nSPS) is 13.8. The third-order valence-corrected chi connectivity index (χ3v) is 7.65. The molecule has 0 bridgehead atoms. The van der Waals surface area contributed by atoms with Gasteiger partial charge in [0.1, 0.15) is 0 Å². The lowest BCUT2D eigenvalue weighted by Gasteiger charge is -2.33. The summed E-state index contributed by atoms with van der Waals surface area (Å²) in [5.41, 5.74) is -0.209. The summed E-state index contributed by atoms with van der Waals surface area (Å²) >= 11 is 24.7. The molecule has 5 nitrogen and oxygen atoms in total. The first kappa shape index (κ1) is 22.0. The summed E-state index contributed by atoms with van der Waals surface area (Å²) in [6.07, 6.45) is 0. The van der Waals surface area contributed by atoms with E-state index in [2.05, 4.69) is 0 Å². The molecule has 1 atom stereocenters. The lowest BCUT2D eigenvalue weighted by molar-refractivity contribution is 0.402. The Morgan fingerprint density at radius 2 is 1.34 bits per heavy atom. The molecule has 0 heterocycles. The molecular formula is C19H12Cl4O5S. The highest BCUT2D eigenvalue weighted by Gasteiger charge is 2.50. The topological polar surface area (TPSA) is 94.8 Å².